The number of aliphatic hydroxyl groups is 1. The summed E-state index contributed by atoms with van der Waals surface area (Å²) < 4.78 is 2.19. The largest absolute Gasteiger partial charge is 0.380 e. The van der Waals surface area contributed by atoms with Gasteiger partial charge in [-0.1, -0.05) is 54.6 Å². The Hall–Kier alpha value is -2.84. The van der Waals surface area contributed by atoms with Crippen LogP contribution in [0.25, 0.3) is 16.6 Å². The number of benzene rings is 3. The summed E-state index contributed by atoms with van der Waals surface area (Å²) in [5.41, 5.74) is 3.39. The van der Waals surface area contributed by atoms with E-state index in [0.717, 1.165) is 40.6 Å². The van der Waals surface area contributed by atoms with E-state index >= 15 is 0 Å². The third-order valence-electron chi connectivity index (χ3n) is 5.55. The highest BCUT2D eigenvalue weighted by Crippen LogP contribution is 2.50. The molecule has 0 saturated heterocycles. The molecule has 1 fully saturated rings. The molecule has 0 aliphatic heterocycles. The molecule has 2 heteroatoms. The van der Waals surface area contributed by atoms with E-state index in [2.05, 4.69) is 59.3 Å². The highest BCUT2D eigenvalue weighted by Gasteiger charge is 2.46. The van der Waals surface area contributed by atoms with E-state index in [1.807, 2.05) is 36.4 Å². The van der Waals surface area contributed by atoms with Gasteiger partial charge in [0.15, 0.2) is 0 Å². The minimum atomic E-state index is -0.899. The van der Waals surface area contributed by atoms with E-state index in [-0.39, 0.29) is 0 Å². The molecule has 0 radical (unpaired) electrons. The molecule has 1 unspecified atom stereocenters. The van der Waals surface area contributed by atoms with E-state index in [0.29, 0.717) is 5.92 Å². The van der Waals surface area contributed by atoms with Gasteiger partial charge >= 0.3 is 0 Å². The van der Waals surface area contributed by atoms with Gasteiger partial charge in [-0.15, -0.1) is 0 Å². The summed E-state index contributed by atoms with van der Waals surface area (Å²) in [6.45, 7) is 0. The first kappa shape index (κ1) is 15.4. The van der Waals surface area contributed by atoms with Gasteiger partial charge in [-0.25, -0.2) is 0 Å². The quantitative estimate of drug-likeness (QED) is 0.538. The van der Waals surface area contributed by atoms with Crippen LogP contribution in [0.1, 0.15) is 24.0 Å². The molecular weight excluding hydrogens is 318 g/mol. The van der Waals surface area contributed by atoms with Crippen molar-refractivity contribution in [1.82, 2.24) is 4.57 Å². The van der Waals surface area contributed by atoms with Crippen molar-refractivity contribution >= 4 is 10.9 Å². The molecule has 3 aromatic carbocycles. The van der Waals surface area contributed by atoms with Gasteiger partial charge < -0.3 is 9.67 Å². The third kappa shape index (κ3) is 2.38. The third-order valence-corrected chi connectivity index (χ3v) is 5.55. The van der Waals surface area contributed by atoms with Crippen molar-refractivity contribution in [2.24, 2.45) is 5.92 Å². The summed E-state index contributed by atoms with van der Waals surface area (Å²) in [6, 6.07) is 29.0. The van der Waals surface area contributed by atoms with Crippen LogP contribution in [0.15, 0.2) is 91.1 Å². The Kier molecular flexibility index (Phi) is 3.47. The zero-order chi connectivity index (χ0) is 17.6. The Labute approximate surface area is 153 Å². The number of fused-ring (bicyclic) bond motifs is 1. The maximum atomic E-state index is 11.7. The topological polar surface area (TPSA) is 25.2 Å². The van der Waals surface area contributed by atoms with E-state index in [9.17, 15) is 5.11 Å². The lowest BCUT2D eigenvalue weighted by Gasteiger charge is -2.29. The van der Waals surface area contributed by atoms with Crippen LogP contribution in [0, 0.1) is 5.92 Å². The molecular formula is C24H21NO. The maximum Gasteiger partial charge on any atom is 0.117 e. The Morgan fingerprint density at radius 1 is 0.769 bits per heavy atom. The fourth-order valence-corrected chi connectivity index (χ4v) is 4.02. The summed E-state index contributed by atoms with van der Waals surface area (Å²) in [5, 5.41) is 12.8. The number of para-hydroxylation sites is 1. The lowest BCUT2D eigenvalue weighted by Crippen LogP contribution is -2.29. The number of nitrogens with zero attached hydrogens (tertiary/aromatic N) is 1. The van der Waals surface area contributed by atoms with Crippen LogP contribution in [0.3, 0.4) is 0 Å². The lowest BCUT2D eigenvalue weighted by molar-refractivity contribution is 0.0566. The second-order valence-corrected chi connectivity index (χ2v) is 7.20. The van der Waals surface area contributed by atoms with E-state index in [1.54, 1.807) is 0 Å². The molecule has 5 rings (SSSR count). The number of aromatic nitrogens is 1. The number of hydrogen-bond donors (Lipinski definition) is 1. The second-order valence-electron chi connectivity index (χ2n) is 7.20. The number of rotatable bonds is 4. The normalized spacial score (nSPS) is 16.5. The highest BCUT2D eigenvalue weighted by atomic mass is 16.3. The van der Waals surface area contributed by atoms with Gasteiger partial charge in [-0.3, -0.25) is 0 Å². The first-order chi connectivity index (χ1) is 12.8. The maximum absolute atomic E-state index is 11.7. The van der Waals surface area contributed by atoms with Crippen molar-refractivity contribution < 1.29 is 5.11 Å². The predicted octanol–water partition coefficient (Wildman–Crippen LogP) is 5.28. The van der Waals surface area contributed by atoms with E-state index < -0.39 is 5.60 Å². The van der Waals surface area contributed by atoms with Gasteiger partial charge in [0.05, 0.1) is 5.52 Å². The molecule has 4 aromatic rings. The molecule has 1 aliphatic carbocycles. The molecule has 26 heavy (non-hydrogen) atoms. The number of hydrogen-bond acceptors (Lipinski definition) is 1. The molecule has 1 N–H and O–H groups in total. The van der Waals surface area contributed by atoms with Gasteiger partial charge in [0.25, 0.3) is 0 Å². The lowest BCUT2D eigenvalue weighted by atomic mass is 9.82. The molecule has 2 nitrogen and oxygen atoms in total. The van der Waals surface area contributed by atoms with Crippen molar-refractivity contribution in [3.63, 3.8) is 0 Å². The van der Waals surface area contributed by atoms with Crippen LogP contribution in [0.2, 0.25) is 0 Å². The SMILES string of the molecule is OC(c1ccccc1)(c1ccc2c(ccn2-c2ccccc2)c1)C1CC1. The molecule has 0 amide bonds. The zero-order valence-corrected chi connectivity index (χ0v) is 14.5. The smallest absolute Gasteiger partial charge is 0.117 e. The average Bonchev–Trinajstić information content (AvgIpc) is 3.48. The molecule has 1 saturated carbocycles. The van der Waals surface area contributed by atoms with Crippen molar-refractivity contribution in [3.8, 4) is 5.69 Å². The van der Waals surface area contributed by atoms with Gasteiger partial charge in [-0.05, 0) is 60.2 Å². The van der Waals surface area contributed by atoms with Crippen LogP contribution in [-0.2, 0) is 5.60 Å². The highest BCUT2D eigenvalue weighted by molar-refractivity contribution is 5.83. The second kappa shape index (κ2) is 5.86. The molecule has 1 aromatic heterocycles. The molecule has 1 aliphatic rings. The van der Waals surface area contributed by atoms with Gasteiger partial charge in [0, 0.05) is 17.3 Å². The Morgan fingerprint density at radius 3 is 2.15 bits per heavy atom. The van der Waals surface area contributed by atoms with Gasteiger partial charge in [0.1, 0.15) is 5.60 Å². The Balaban J connectivity index is 1.64. The van der Waals surface area contributed by atoms with Crippen LogP contribution >= 0.6 is 0 Å². The summed E-state index contributed by atoms with van der Waals surface area (Å²) in [7, 11) is 0. The predicted molar refractivity (Wildman–Crippen MR) is 105 cm³/mol. The zero-order valence-electron chi connectivity index (χ0n) is 14.5. The Bertz CT molecular complexity index is 1050. The van der Waals surface area contributed by atoms with Crippen molar-refractivity contribution in [2.45, 2.75) is 18.4 Å². The molecule has 1 heterocycles. The molecule has 128 valence electrons. The van der Waals surface area contributed by atoms with Gasteiger partial charge in [0.2, 0.25) is 0 Å². The average molecular weight is 339 g/mol. The first-order valence-corrected chi connectivity index (χ1v) is 9.22. The van der Waals surface area contributed by atoms with E-state index in [1.165, 1.54) is 0 Å². The summed E-state index contributed by atoms with van der Waals surface area (Å²) >= 11 is 0. The molecule has 1 atom stereocenters. The molecule has 0 spiro atoms. The fraction of sp³-hybridized carbons (Fsp3) is 0.167. The Morgan fingerprint density at radius 2 is 1.46 bits per heavy atom. The van der Waals surface area contributed by atoms with E-state index in [4.69, 9.17) is 0 Å². The fourth-order valence-electron chi connectivity index (χ4n) is 4.02. The van der Waals surface area contributed by atoms with Gasteiger partial charge in [-0.2, -0.15) is 0 Å². The van der Waals surface area contributed by atoms with Crippen LogP contribution in [0.5, 0.6) is 0 Å². The first-order valence-electron chi connectivity index (χ1n) is 9.22. The summed E-state index contributed by atoms with van der Waals surface area (Å²) in [6.07, 6.45) is 4.26. The van der Waals surface area contributed by atoms with Crippen molar-refractivity contribution in [2.75, 3.05) is 0 Å². The van der Waals surface area contributed by atoms with Crippen LogP contribution < -0.4 is 0 Å². The standard InChI is InChI=1S/C24H21NO/c26-24(20-11-12-20,19-7-3-1-4-8-19)21-13-14-23-18(17-21)15-16-25(23)22-9-5-2-6-10-22/h1-10,13-17,20,26H,11-12H2. The minimum absolute atomic E-state index is 0.304. The van der Waals surface area contributed by atoms with Crippen LogP contribution in [-0.4, -0.2) is 9.67 Å². The van der Waals surface area contributed by atoms with Crippen LogP contribution in [0.4, 0.5) is 0 Å². The summed E-state index contributed by atoms with van der Waals surface area (Å²) in [5.74, 6) is 0.304. The minimum Gasteiger partial charge on any atom is -0.380 e. The molecule has 0 bridgehead atoms. The van der Waals surface area contributed by atoms with Crippen molar-refractivity contribution in [1.29, 1.82) is 0 Å². The monoisotopic (exact) mass is 339 g/mol. The van der Waals surface area contributed by atoms with Crippen molar-refractivity contribution in [3.05, 3.63) is 102 Å². The summed E-state index contributed by atoms with van der Waals surface area (Å²) in [4.78, 5) is 0.